The van der Waals surface area contributed by atoms with Gasteiger partial charge in [0.05, 0.1) is 63.3 Å². The highest BCUT2D eigenvalue weighted by atomic mass is 31.2. The number of carboxylic acids is 1. The van der Waals surface area contributed by atoms with E-state index in [0.29, 0.717) is 65.4 Å². The van der Waals surface area contributed by atoms with Crippen molar-refractivity contribution in [1.82, 2.24) is 34.7 Å². The summed E-state index contributed by atoms with van der Waals surface area (Å²) in [4.78, 5) is 104. The highest BCUT2D eigenvalue weighted by Gasteiger charge is 2.42. The van der Waals surface area contributed by atoms with Crippen LogP contribution >= 0.6 is 7.82 Å². The number of aromatic nitrogens is 5. The summed E-state index contributed by atoms with van der Waals surface area (Å²) in [6.07, 6.45) is 5.57. The second-order valence-electron chi connectivity index (χ2n) is 17.6. The number of para-hydroxylation sites is 1. The third-order valence-corrected chi connectivity index (χ3v) is 13.2. The van der Waals surface area contributed by atoms with Crippen molar-refractivity contribution in [2.24, 2.45) is 11.7 Å². The van der Waals surface area contributed by atoms with E-state index < -0.39 is 79.0 Å². The molecular formula is C47H65N8O17P. The SMILES string of the molecule is CCC1OC(n2cc(/C=C/C(=O)NCCCOCCOCCOCCCCNC(=O)Cc3cccc4c(CC(N)C(=O)O)c[nH]c34)c(=O)[nH]c2=O)CC1OP(=O)(O)OCC1OC(n2ccc(=O)[nH]c2=O)CC1C. The molecule has 73 heavy (non-hydrogen) atoms. The molecule has 8 unspecified atom stereocenters. The van der Waals surface area contributed by atoms with Gasteiger partial charge in [-0.25, -0.2) is 14.2 Å². The first-order chi connectivity index (χ1) is 35.0. The van der Waals surface area contributed by atoms with Gasteiger partial charge in [0.1, 0.15) is 18.5 Å². The van der Waals surface area contributed by atoms with Gasteiger partial charge in [-0.05, 0) is 55.2 Å². The summed E-state index contributed by atoms with van der Waals surface area (Å²) in [5.41, 5.74) is 5.32. The number of hydrogen-bond donors (Lipinski definition) is 8. The second kappa shape index (κ2) is 27.4. The van der Waals surface area contributed by atoms with Crippen LogP contribution in [0.25, 0.3) is 17.0 Å². The summed E-state index contributed by atoms with van der Waals surface area (Å²) in [5.74, 6) is -1.87. The van der Waals surface area contributed by atoms with E-state index in [0.717, 1.165) is 45.5 Å². The molecule has 400 valence electrons. The van der Waals surface area contributed by atoms with Gasteiger partial charge in [0.2, 0.25) is 11.8 Å². The average Bonchev–Trinajstić information content (AvgIpc) is 4.06. The van der Waals surface area contributed by atoms with Crippen LogP contribution in [0.4, 0.5) is 0 Å². The normalized spacial score (nSPS) is 21.2. The number of aliphatic carboxylic acids is 1. The summed E-state index contributed by atoms with van der Waals surface area (Å²) in [6.45, 7) is 6.39. The third-order valence-electron chi connectivity index (χ3n) is 12.2. The number of carbonyl (C=O) groups excluding carboxylic acids is 2. The van der Waals surface area contributed by atoms with Crippen LogP contribution < -0.4 is 38.9 Å². The summed E-state index contributed by atoms with van der Waals surface area (Å²) < 4.78 is 54.9. The molecule has 0 aliphatic carbocycles. The van der Waals surface area contributed by atoms with Gasteiger partial charge in [0.15, 0.2) is 0 Å². The number of nitrogens with two attached hydrogens (primary N) is 1. The molecule has 2 amide bonds. The van der Waals surface area contributed by atoms with Gasteiger partial charge in [-0.3, -0.25) is 52.1 Å². The van der Waals surface area contributed by atoms with E-state index in [1.54, 1.807) is 13.1 Å². The van der Waals surface area contributed by atoms with E-state index in [1.807, 2.05) is 25.1 Å². The van der Waals surface area contributed by atoms with Crippen LogP contribution in [-0.4, -0.2) is 136 Å². The molecule has 2 saturated heterocycles. The largest absolute Gasteiger partial charge is 0.480 e. The van der Waals surface area contributed by atoms with Gasteiger partial charge in [-0.1, -0.05) is 32.0 Å². The van der Waals surface area contributed by atoms with Crippen molar-refractivity contribution < 1.29 is 61.7 Å². The Bertz CT molecular complexity index is 2810. The Morgan fingerprint density at radius 2 is 1.58 bits per heavy atom. The summed E-state index contributed by atoms with van der Waals surface area (Å²) >= 11 is 0. The number of rotatable bonds is 30. The summed E-state index contributed by atoms with van der Waals surface area (Å²) in [6, 6.07) is 5.74. The fourth-order valence-electron chi connectivity index (χ4n) is 8.31. The van der Waals surface area contributed by atoms with Gasteiger partial charge in [0.25, 0.3) is 11.1 Å². The second-order valence-corrected chi connectivity index (χ2v) is 19.0. The molecule has 6 rings (SSSR count). The number of phosphoric acid groups is 1. The molecule has 0 radical (unpaired) electrons. The number of nitrogens with one attached hydrogen (secondary N) is 5. The highest BCUT2D eigenvalue weighted by molar-refractivity contribution is 7.47. The molecule has 3 aromatic heterocycles. The van der Waals surface area contributed by atoms with Crippen molar-refractivity contribution in [3.05, 3.63) is 107 Å². The number of H-pyrrole nitrogens is 3. The zero-order chi connectivity index (χ0) is 52.5. The maximum absolute atomic E-state index is 13.1. The maximum Gasteiger partial charge on any atom is 0.472 e. The molecule has 4 aromatic rings. The van der Waals surface area contributed by atoms with E-state index in [9.17, 15) is 43.0 Å². The zero-order valence-corrected chi connectivity index (χ0v) is 41.6. The topological polar surface area (TPSA) is 349 Å². The molecular weight excluding hydrogens is 980 g/mol. The fraction of sp³-hybridized carbons (Fsp3) is 0.553. The van der Waals surface area contributed by atoms with Gasteiger partial charge < -0.3 is 55.0 Å². The molecule has 5 heterocycles. The fourth-order valence-corrected chi connectivity index (χ4v) is 9.27. The predicted octanol–water partition coefficient (Wildman–Crippen LogP) is 1.35. The van der Waals surface area contributed by atoms with Crippen molar-refractivity contribution in [2.75, 3.05) is 59.3 Å². The van der Waals surface area contributed by atoms with Gasteiger partial charge >= 0.3 is 25.2 Å². The van der Waals surface area contributed by atoms with Crippen molar-refractivity contribution >= 4 is 42.6 Å². The van der Waals surface area contributed by atoms with E-state index in [2.05, 4.69) is 25.6 Å². The van der Waals surface area contributed by atoms with Crippen LogP contribution in [0.1, 0.15) is 81.5 Å². The van der Waals surface area contributed by atoms with E-state index in [1.165, 1.54) is 29.1 Å². The number of phosphoric ester groups is 1. The molecule has 2 aliphatic rings. The van der Waals surface area contributed by atoms with Crippen molar-refractivity contribution in [3.8, 4) is 0 Å². The Balaban J connectivity index is 0.796. The van der Waals surface area contributed by atoms with Gasteiger partial charge in [-0.2, -0.15) is 0 Å². The minimum absolute atomic E-state index is 0.0192. The lowest BCUT2D eigenvalue weighted by molar-refractivity contribution is -0.138. The van der Waals surface area contributed by atoms with Gasteiger partial charge in [0, 0.05) is 80.8 Å². The van der Waals surface area contributed by atoms with Crippen molar-refractivity contribution in [2.45, 2.75) is 102 Å². The molecule has 0 bridgehead atoms. The number of amides is 2. The first-order valence-electron chi connectivity index (χ1n) is 24.2. The number of aromatic amines is 3. The molecule has 9 N–H and O–H groups in total. The highest BCUT2D eigenvalue weighted by Crippen LogP contribution is 2.49. The minimum Gasteiger partial charge on any atom is -0.480 e. The monoisotopic (exact) mass is 1040 g/mol. The van der Waals surface area contributed by atoms with Crippen LogP contribution in [0.5, 0.6) is 0 Å². The quantitative estimate of drug-likeness (QED) is 0.0208. The third kappa shape index (κ3) is 16.8. The van der Waals surface area contributed by atoms with Crippen molar-refractivity contribution in [1.29, 1.82) is 0 Å². The molecule has 8 atom stereocenters. The first kappa shape index (κ1) is 56.4. The number of carbonyl (C=O) groups is 3. The van der Waals surface area contributed by atoms with E-state index in [-0.39, 0.29) is 49.8 Å². The van der Waals surface area contributed by atoms with Crippen molar-refractivity contribution in [3.63, 3.8) is 0 Å². The number of benzene rings is 1. The molecule has 1 aromatic carbocycles. The Kier molecular flexibility index (Phi) is 21.2. The lowest BCUT2D eigenvalue weighted by Crippen LogP contribution is -2.33. The Morgan fingerprint density at radius 3 is 2.30 bits per heavy atom. The smallest absolute Gasteiger partial charge is 0.472 e. The number of hydrogen-bond acceptors (Lipinski definition) is 16. The standard InChI is InChI=1S/C47H65N8O17P/c1-3-35-36(72-73(64,65)69-28-37-29(2)22-41(71-37)54-15-12-39(57)52-46(54)62)25-42(70-35)55-27-31(44(59)53-47(55)63)10-11-38(56)49-14-7-17-67-19-21-68-20-18-66-16-5-4-13-50-40(58)24-30-8-6-9-33-32(26-51-43(30)33)23-34(48)45(60)61/h6,8-12,15,26-27,29,34-37,41-42,51H,3-5,7,13-14,16-25,28,48H2,1-2H3,(H,49,56)(H,50,58)(H,60,61)(H,64,65)(H,52,57,62)(H,53,59,63)/b11-10+. The van der Waals surface area contributed by atoms with Crippen LogP contribution in [0, 0.1) is 5.92 Å². The molecule has 2 fully saturated rings. The zero-order valence-electron chi connectivity index (χ0n) is 40.7. The van der Waals surface area contributed by atoms with E-state index >= 15 is 0 Å². The first-order valence-corrected chi connectivity index (χ1v) is 25.7. The molecule has 0 spiro atoms. The Labute approximate surface area is 418 Å². The summed E-state index contributed by atoms with van der Waals surface area (Å²) in [5, 5.41) is 15.6. The number of unbranched alkanes of at least 4 members (excludes halogenated alkanes) is 1. The van der Waals surface area contributed by atoms with E-state index in [4.69, 9.17) is 43.6 Å². The average molecular weight is 1050 g/mol. The Morgan fingerprint density at radius 1 is 0.890 bits per heavy atom. The predicted molar refractivity (Wildman–Crippen MR) is 262 cm³/mol. The number of carboxylic acid groups (broad SMARTS) is 1. The number of fused-ring (bicyclic) bond motifs is 1. The maximum atomic E-state index is 13.1. The Hall–Kier alpha value is -5.86. The van der Waals surface area contributed by atoms with Gasteiger partial charge in [-0.15, -0.1) is 0 Å². The number of nitrogens with zero attached hydrogens (tertiary/aromatic N) is 2. The lowest BCUT2D eigenvalue weighted by atomic mass is 10.0. The van der Waals surface area contributed by atoms with Crippen LogP contribution in [-0.2, 0) is 64.5 Å². The van der Waals surface area contributed by atoms with Crippen LogP contribution in [0.2, 0.25) is 0 Å². The molecule has 25 nitrogen and oxygen atoms in total. The molecule has 2 aliphatic heterocycles. The van der Waals surface area contributed by atoms with Crippen LogP contribution in [0.3, 0.4) is 0 Å². The lowest BCUT2D eigenvalue weighted by Gasteiger charge is -2.22. The van der Waals surface area contributed by atoms with Crippen LogP contribution in [0.15, 0.2) is 68.1 Å². The minimum atomic E-state index is -4.70. The molecule has 0 saturated carbocycles. The molecule has 26 heteroatoms. The summed E-state index contributed by atoms with van der Waals surface area (Å²) in [7, 11) is -4.70. The number of ether oxygens (including phenoxy) is 5.